The van der Waals surface area contributed by atoms with Gasteiger partial charge >= 0.3 is 0 Å². The van der Waals surface area contributed by atoms with Crippen LogP contribution in [0.3, 0.4) is 0 Å². The lowest BCUT2D eigenvalue weighted by Gasteiger charge is -2.07. The molecule has 1 N–H and O–H groups in total. The molecule has 0 saturated heterocycles. The number of nitrogens with zero attached hydrogens (tertiary/aromatic N) is 2. The van der Waals surface area contributed by atoms with Crippen molar-refractivity contribution in [2.75, 3.05) is 44.9 Å². The molecule has 0 atom stereocenters. The predicted molar refractivity (Wildman–Crippen MR) is 101 cm³/mol. The van der Waals surface area contributed by atoms with Crippen LogP contribution in [0.15, 0.2) is 21.5 Å². The van der Waals surface area contributed by atoms with Gasteiger partial charge in [-0.1, -0.05) is 5.92 Å². The highest BCUT2D eigenvalue weighted by Crippen LogP contribution is 2.16. The first-order chi connectivity index (χ1) is 11.3. The normalized spacial score (nSPS) is 12.4. The van der Waals surface area contributed by atoms with Crippen molar-refractivity contribution in [1.29, 1.82) is 0 Å². The Morgan fingerprint density at radius 2 is 2.12 bits per heavy atom. The molecule has 0 amide bonds. The van der Waals surface area contributed by atoms with Crippen LogP contribution in [-0.2, 0) is 22.1 Å². The van der Waals surface area contributed by atoms with Crippen LogP contribution < -0.4 is 5.32 Å². The van der Waals surface area contributed by atoms with Crippen LogP contribution in [0, 0.1) is 12.3 Å². The van der Waals surface area contributed by atoms with Gasteiger partial charge in [0, 0.05) is 12.0 Å². The first-order valence-electron chi connectivity index (χ1n) is 7.48. The minimum Gasteiger partial charge on any atom is -0.464 e. The molecule has 1 aromatic rings. The number of sulfone groups is 1. The van der Waals surface area contributed by atoms with E-state index in [9.17, 15) is 8.42 Å². The fraction of sp³-hybridized carbons (Fsp3) is 0.562. The number of rotatable bonds is 10. The number of hydrogen-bond acceptors (Lipinski definition) is 6. The Hall–Kier alpha value is -1.43. The molecule has 0 unspecified atom stereocenters. The maximum atomic E-state index is 11.4. The van der Waals surface area contributed by atoms with E-state index in [0.717, 1.165) is 29.6 Å². The van der Waals surface area contributed by atoms with Gasteiger partial charge in [0.25, 0.3) is 0 Å². The molecule has 1 heterocycles. The molecule has 0 aliphatic carbocycles. The zero-order chi connectivity index (χ0) is 18.0. The van der Waals surface area contributed by atoms with Crippen molar-refractivity contribution < 1.29 is 12.8 Å². The quantitative estimate of drug-likeness (QED) is 0.289. The molecule has 0 aliphatic rings. The summed E-state index contributed by atoms with van der Waals surface area (Å²) in [5.41, 5.74) is 0. The summed E-state index contributed by atoms with van der Waals surface area (Å²) in [5.74, 6) is 6.13. The van der Waals surface area contributed by atoms with E-state index in [1.807, 2.05) is 26.2 Å². The van der Waals surface area contributed by atoms with Crippen LogP contribution in [0.1, 0.15) is 11.5 Å². The van der Waals surface area contributed by atoms with Gasteiger partial charge in [0.1, 0.15) is 23.1 Å². The van der Waals surface area contributed by atoms with Crippen molar-refractivity contribution in [1.82, 2.24) is 10.2 Å². The third-order valence-electron chi connectivity index (χ3n) is 2.77. The Bertz CT molecular complexity index is 673. The van der Waals surface area contributed by atoms with Crippen LogP contribution in [-0.4, -0.2) is 64.1 Å². The number of amidine groups is 1. The van der Waals surface area contributed by atoms with Crippen LogP contribution in [0.4, 0.5) is 0 Å². The second kappa shape index (κ2) is 10.4. The van der Waals surface area contributed by atoms with Crippen LogP contribution >= 0.6 is 11.8 Å². The Balaban J connectivity index is 2.38. The summed E-state index contributed by atoms with van der Waals surface area (Å²) in [6.45, 7) is 1.57. The maximum absolute atomic E-state index is 11.4. The van der Waals surface area contributed by atoms with E-state index in [4.69, 9.17) is 10.8 Å². The van der Waals surface area contributed by atoms with Crippen molar-refractivity contribution in [3.8, 4) is 12.3 Å². The Labute approximate surface area is 149 Å². The predicted octanol–water partition coefficient (Wildman–Crippen LogP) is 1.24. The van der Waals surface area contributed by atoms with Crippen LogP contribution in [0.25, 0.3) is 0 Å². The van der Waals surface area contributed by atoms with Gasteiger partial charge in [-0.15, -0.1) is 6.42 Å². The summed E-state index contributed by atoms with van der Waals surface area (Å²) in [6.07, 6.45) is 6.36. The van der Waals surface area contributed by atoms with Gasteiger partial charge in [0.15, 0.2) is 9.84 Å². The number of furan rings is 1. The molecule has 1 rings (SSSR count). The number of terminal acetylenes is 1. The van der Waals surface area contributed by atoms with Crippen molar-refractivity contribution in [3.05, 3.63) is 23.7 Å². The highest BCUT2D eigenvalue weighted by atomic mass is 32.2. The molecule has 24 heavy (non-hydrogen) atoms. The van der Waals surface area contributed by atoms with Crippen molar-refractivity contribution in [2.24, 2.45) is 4.99 Å². The fourth-order valence-corrected chi connectivity index (χ4v) is 3.28. The third-order valence-corrected chi connectivity index (χ3v) is 4.52. The summed E-state index contributed by atoms with van der Waals surface area (Å²) in [6, 6.07) is 3.97. The van der Waals surface area contributed by atoms with Gasteiger partial charge in [-0.05, 0) is 26.2 Å². The summed E-state index contributed by atoms with van der Waals surface area (Å²) in [7, 11) is 0.860. The lowest BCUT2D eigenvalue weighted by atomic mass is 10.4. The van der Waals surface area contributed by atoms with Crippen LogP contribution in [0.5, 0.6) is 0 Å². The molecule has 8 heteroatoms. The molecule has 0 saturated carbocycles. The molecule has 0 aromatic carbocycles. The SMILES string of the molecule is C#CCNC(CS(C)(=O)=O)=NCCSCc1ccc(CN(C)C)o1. The topological polar surface area (TPSA) is 74.9 Å². The molecule has 134 valence electrons. The van der Waals surface area contributed by atoms with Gasteiger partial charge in [-0.3, -0.25) is 4.99 Å². The zero-order valence-electron chi connectivity index (χ0n) is 14.4. The average Bonchev–Trinajstić information content (AvgIpc) is 2.89. The first-order valence-corrected chi connectivity index (χ1v) is 10.7. The molecule has 0 fully saturated rings. The third kappa shape index (κ3) is 9.65. The highest BCUT2D eigenvalue weighted by molar-refractivity contribution is 7.98. The minimum atomic E-state index is -3.13. The molecular weight excluding hydrogens is 346 g/mol. The van der Waals surface area contributed by atoms with Gasteiger partial charge in [-0.25, -0.2) is 8.42 Å². The van der Waals surface area contributed by atoms with E-state index < -0.39 is 9.84 Å². The number of nitrogens with one attached hydrogen (secondary N) is 1. The monoisotopic (exact) mass is 371 g/mol. The molecule has 0 radical (unpaired) electrons. The minimum absolute atomic E-state index is 0.120. The standard InChI is InChI=1S/C16H25N3O3S2/c1-5-8-17-16(13-24(4,20)21)18-9-10-23-12-15-7-6-14(22-15)11-19(2)3/h1,6-7H,8-13H2,2-4H3,(H,17,18). The Morgan fingerprint density at radius 3 is 2.75 bits per heavy atom. The van der Waals surface area contributed by atoms with E-state index in [-0.39, 0.29) is 12.3 Å². The Kier molecular flexibility index (Phi) is 8.97. The average molecular weight is 372 g/mol. The van der Waals surface area contributed by atoms with Gasteiger partial charge < -0.3 is 14.6 Å². The molecule has 0 aliphatic heterocycles. The first kappa shape index (κ1) is 20.6. The second-order valence-electron chi connectivity index (χ2n) is 5.61. The van der Waals surface area contributed by atoms with E-state index in [2.05, 4.69) is 21.1 Å². The molecular formula is C16H25N3O3S2. The van der Waals surface area contributed by atoms with Gasteiger partial charge in [-0.2, -0.15) is 11.8 Å². The summed E-state index contributed by atoms with van der Waals surface area (Å²) >= 11 is 1.69. The molecule has 0 spiro atoms. The molecule has 0 bridgehead atoms. The maximum Gasteiger partial charge on any atom is 0.154 e. The number of hydrogen-bond donors (Lipinski definition) is 1. The number of thioether (sulfide) groups is 1. The van der Waals surface area contributed by atoms with E-state index in [0.29, 0.717) is 12.4 Å². The summed E-state index contributed by atoms with van der Waals surface area (Å²) < 4.78 is 28.5. The lowest BCUT2D eigenvalue weighted by molar-refractivity contribution is 0.344. The van der Waals surface area contributed by atoms with Gasteiger partial charge in [0.05, 0.1) is 25.4 Å². The van der Waals surface area contributed by atoms with Crippen molar-refractivity contribution in [3.63, 3.8) is 0 Å². The van der Waals surface area contributed by atoms with Crippen molar-refractivity contribution >= 4 is 27.4 Å². The van der Waals surface area contributed by atoms with Crippen molar-refractivity contribution in [2.45, 2.75) is 12.3 Å². The lowest BCUT2D eigenvalue weighted by Crippen LogP contribution is -2.31. The van der Waals surface area contributed by atoms with Crippen LogP contribution in [0.2, 0.25) is 0 Å². The summed E-state index contributed by atoms with van der Waals surface area (Å²) in [5, 5.41) is 2.86. The fourth-order valence-electron chi connectivity index (χ4n) is 1.87. The number of aliphatic imine (C=N–C) groups is 1. The zero-order valence-corrected chi connectivity index (χ0v) is 16.0. The van der Waals surface area contributed by atoms with Gasteiger partial charge in [0.2, 0.25) is 0 Å². The largest absolute Gasteiger partial charge is 0.464 e. The van der Waals surface area contributed by atoms with E-state index in [1.165, 1.54) is 6.26 Å². The van der Waals surface area contributed by atoms with E-state index >= 15 is 0 Å². The molecule has 1 aromatic heterocycles. The smallest absolute Gasteiger partial charge is 0.154 e. The highest BCUT2D eigenvalue weighted by Gasteiger charge is 2.08. The molecule has 6 nitrogen and oxygen atoms in total. The van der Waals surface area contributed by atoms with E-state index in [1.54, 1.807) is 11.8 Å². The Morgan fingerprint density at radius 1 is 1.42 bits per heavy atom. The summed E-state index contributed by atoms with van der Waals surface area (Å²) in [4.78, 5) is 6.35. The second-order valence-corrected chi connectivity index (χ2v) is 8.86.